The minimum absolute atomic E-state index is 0.0393. The molecule has 1 aromatic heterocycles. The summed E-state index contributed by atoms with van der Waals surface area (Å²) in [5, 5.41) is 5.09. The van der Waals surface area contributed by atoms with Crippen LogP contribution in [0.25, 0.3) is 16.6 Å². The zero-order valence-corrected chi connectivity index (χ0v) is 30.8. The van der Waals surface area contributed by atoms with E-state index >= 15 is 0 Å². The minimum atomic E-state index is -4.09. The van der Waals surface area contributed by atoms with E-state index in [2.05, 4.69) is 20.3 Å². The predicted molar refractivity (Wildman–Crippen MR) is 188 cm³/mol. The average molecular weight is 731 g/mol. The summed E-state index contributed by atoms with van der Waals surface area (Å²) in [6, 6.07) is 5.47. The number of ether oxygens (including phenoxy) is 3. The van der Waals surface area contributed by atoms with Crippen LogP contribution in [0, 0.1) is 25.7 Å². The number of benzene rings is 2. The van der Waals surface area contributed by atoms with Crippen molar-refractivity contribution in [3.63, 3.8) is 0 Å². The van der Waals surface area contributed by atoms with Gasteiger partial charge in [-0.25, -0.2) is 32.5 Å². The highest BCUT2D eigenvalue weighted by Gasteiger charge is 2.29. The van der Waals surface area contributed by atoms with Gasteiger partial charge in [0.05, 0.1) is 41.3 Å². The van der Waals surface area contributed by atoms with Gasteiger partial charge in [0.15, 0.2) is 12.4 Å². The Morgan fingerprint density at radius 2 is 1.67 bits per heavy atom. The molecule has 0 unspecified atom stereocenters. The van der Waals surface area contributed by atoms with Crippen molar-refractivity contribution in [3.8, 4) is 5.69 Å². The smallest absolute Gasteiger partial charge is 0.407 e. The molecule has 1 heterocycles. The molecular weight excluding hydrogens is 684 g/mol. The van der Waals surface area contributed by atoms with E-state index in [0.717, 1.165) is 4.57 Å². The van der Waals surface area contributed by atoms with Gasteiger partial charge in [-0.3, -0.25) is 14.2 Å². The molecule has 3 aromatic rings. The van der Waals surface area contributed by atoms with E-state index in [1.807, 2.05) is 0 Å². The van der Waals surface area contributed by atoms with E-state index in [0.29, 0.717) is 5.56 Å². The van der Waals surface area contributed by atoms with Gasteiger partial charge in [0, 0.05) is 0 Å². The molecule has 0 saturated heterocycles. The maximum atomic E-state index is 14.3. The topological polar surface area (TPSA) is 227 Å². The van der Waals surface area contributed by atoms with Gasteiger partial charge >= 0.3 is 18.0 Å². The van der Waals surface area contributed by atoms with Crippen LogP contribution in [0.1, 0.15) is 61.9 Å². The number of aryl methyl sites for hydroxylation is 2. The van der Waals surface area contributed by atoms with Gasteiger partial charge in [0.25, 0.3) is 5.56 Å². The van der Waals surface area contributed by atoms with Gasteiger partial charge in [-0.05, 0) is 69.0 Å². The summed E-state index contributed by atoms with van der Waals surface area (Å²) in [5.74, 6) is -2.39. The Bertz CT molecular complexity index is 1960. The highest BCUT2D eigenvalue weighted by Crippen LogP contribution is 2.26. The SMILES string of the molecule is CCOC(=O)c1c(C)cc2nc(COC(=O)NCCOC(=O)[C@H](NC(=O)[C@@H](N)C(C)C)C(C)C)n(-c3ccccc3S(=O)(=O)NC)c(=O)c2c1C. The van der Waals surface area contributed by atoms with Crippen molar-refractivity contribution < 1.29 is 41.8 Å². The summed E-state index contributed by atoms with van der Waals surface area (Å²) in [6.07, 6.45) is -0.954. The number of rotatable bonds is 15. The Hall–Kier alpha value is -4.87. The largest absolute Gasteiger partial charge is 0.462 e. The van der Waals surface area contributed by atoms with Crippen molar-refractivity contribution in [2.24, 2.45) is 17.6 Å². The first-order valence-electron chi connectivity index (χ1n) is 16.4. The Labute approximate surface area is 296 Å². The first-order valence-corrected chi connectivity index (χ1v) is 17.8. The molecule has 0 aliphatic heterocycles. The highest BCUT2D eigenvalue weighted by molar-refractivity contribution is 7.89. The fraction of sp³-hybridized carbons (Fsp3) is 0.471. The molecule has 0 aliphatic carbocycles. The van der Waals surface area contributed by atoms with Gasteiger partial charge in [-0.1, -0.05) is 39.8 Å². The number of para-hydroxylation sites is 1. The number of aromatic nitrogens is 2. The van der Waals surface area contributed by atoms with Crippen LogP contribution in [0.2, 0.25) is 0 Å². The highest BCUT2D eigenvalue weighted by atomic mass is 32.2. The molecule has 2 aromatic carbocycles. The first kappa shape index (κ1) is 40.6. The van der Waals surface area contributed by atoms with Gasteiger partial charge in [0.2, 0.25) is 15.9 Å². The molecule has 0 saturated carbocycles. The Balaban J connectivity index is 1.90. The van der Waals surface area contributed by atoms with Crippen LogP contribution in [0.5, 0.6) is 0 Å². The zero-order valence-electron chi connectivity index (χ0n) is 30.0. The fourth-order valence-electron chi connectivity index (χ4n) is 5.21. The number of carbonyl (C=O) groups is 4. The quantitative estimate of drug-likeness (QED) is 0.100. The van der Waals surface area contributed by atoms with Crippen LogP contribution in [-0.4, -0.2) is 80.8 Å². The molecule has 2 amide bonds. The number of nitrogens with one attached hydrogen (secondary N) is 3. The maximum absolute atomic E-state index is 14.3. The van der Waals surface area contributed by atoms with E-state index < -0.39 is 58.2 Å². The molecule has 0 bridgehead atoms. The van der Waals surface area contributed by atoms with Crippen LogP contribution in [-0.2, 0) is 40.4 Å². The van der Waals surface area contributed by atoms with Crippen molar-refractivity contribution in [1.29, 1.82) is 0 Å². The van der Waals surface area contributed by atoms with Crippen molar-refractivity contribution in [3.05, 3.63) is 63.2 Å². The number of hydrogen-bond acceptors (Lipinski definition) is 12. The number of nitrogens with zero attached hydrogens (tertiary/aromatic N) is 2. The van der Waals surface area contributed by atoms with Crippen LogP contribution in [0.15, 0.2) is 40.0 Å². The standard InChI is InChI=1S/C34H46N6O10S/c1-9-48-32(43)26-20(6)16-22-27(21(26)7)31(42)40(23-12-10-11-13-24(23)51(46,47)36-8)25(38-22)17-50-34(45)37-14-15-49-33(44)29(19(4)5)39-30(41)28(35)18(2)3/h10-13,16,18-19,28-29,36H,9,14-15,17,35H2,1-8H3,(H,37,45)(H,39,41)/t28-,29+/m0/s1. The number of alkyl carbamates (subject to hydrolysis) is 1. The van der Waals surface area contributed by atoms with E-state index in [9.17, 15) is 32.4 Å². The molecule has 51 heavy (non-hydrogen) atoms. The lowest BCUT2D eigenvalue weighted by molar-refractivity contribution is -0.149. The lowest BCUT2D eigenvalue weighted by Crippen LogP contribution is -2.52. The molecule has 0 fully saturated rings. The van der Waals surface area contributed by atoms with E-state index in [1.165, 1.54) is 37.4 Å². The maximum Gasteiger partial charge on any atom is 0.407 e. The van der Waals surface area contributed by atoms with Crippen LogP contribution in [0.3, 0.4) is 0 Å². The summed E-state index contributed by atoms with van der Waals surface area (Å²) >= 11 is 0. The van der Waals surface area contributed by atoms with E-state index in [1.54, 1.807) is 48.5 Å². The van der Waals surface area contributed by atoms with Crippen molar-refractivity contribution in [1.82, 2.24) is 24.9 Å². The summed E-state index contributed by atoms with van der Waals surface area (Å²) in [5.41, 5.74) is 6.23. The summed E-state index contributed by atoms with van der Waals surface area (Å²) in [6.45, 7) is 11.0. The van der Waals surface area contributed by atoms with E-state index in [-0.39, 0.29) is 70.0 Å². The number of fused-ring (bicyclic) bond motifs is 1. The number of carbonyl (C=O) groups excluding carboxylic acids is 4. The molecule has 278 valence electrons. The molecule has 2 atom stereocenters. The number of sulfonamides is 1. The Morgan fingerprint density at radius 1 is 1.00 bits per heavy atom. The Kier molecular flexibility index (Phi) is 13.8. The summed E-state index contributed by atoms with van der Waals surface area (Å²) in [7, 11) is -2.87. The second-order valence-corrected chi connectivity index (χ2v) is 14.2. The Morgan fingerprint density at radius 3 is 2.27 bits per heavy atom. The summed E-state index contributed by atoms with van der Waals surface area (Å²) < 4.78 is 45.1. The molecule has 0 aliphatic rings. The average Bonchev–Trinajstić information content (AvgIpc) is 3.07. The van der Waals surface area contributed by atoms with Crippen molar-refractivity contribution in [2.75, 3.05) is 26.8 Å². The molecule has 17 heteroatoms. The second-order valence-electron chi connectivity index (χ2n) is 12.3. The van der Waals surface area contributed by atoms with Gasteiger partial charge in [0.1, 0.15) is 17.5 Å². The molecule has 0 radical (unpaired) electrons. The van der Waals surface area contributed by atoms with Crippen molar-refractivity contribution >= 4 is 44.9 Å². The lowest BCUT2D eigenvalue weighted by Gasteiger charge is -2.24. The lowest BCUT2D eigenvalue weighted by atomic mass is 9.98. The van der Waals surface area contributed by atoms with Crippen LogP contribution < -0.4 is 26.6 Å². The molecule has 16 nitrogen and oxygen atoms in total. The minimum Gasteiger partial charge on any atom is -0.462 e. The number of esters is 2. The molecule has 3 rings (SSSR count). The van der Waals surface area contributed by atoms with Gasteiger partial charge < -0.3 is 30.6 Å². The van der Waals surface area contributed by atoms with Crippen LogP contribution in [0.4, 0.5) is 4.79 Å². The fourth-order valence-corrected chi connectivity index (χ4v) is 6.12. The van der Waals surface area contributed by atoms with Crippen LogP contribution >= 0.6 is 0 Å². The third kappa shape index (κ3) is 9.47. The predicted octanol–water partition coefficient (Wildman–Crippen LogP) is 1.98. The molecule has 0 spiro atoms. The van der Waals surface area contributed by atoms with Gasteiger partial charge in [-0.15, -0.1) is 0 Å². The number of nitrogens with two attached hydrogens (primary N) is 1. The zero-order chi connectivity index (χ0) is 38.2. The molecule has 5 N–H and O–H groups in total. The monoisotopic (exact) mass is 730 g/mol. The molecular formula is C34H46N6O10S. The van der Waals surface area contributed by atoms with E-state index in [4.69, 9.17) is 19.9 Å². The normalized spacial score (nSPS) is 12.8. The van der Waals surface area contributed by atoms with Gasteiger partial charge in [-0.2, -0.15) is 0 Å². The third-order valence-corrected chi connectivity index (χ3v) is 9.47. The summed E-state index contributed by atoms with van der Waals surface area (Å²) in [4.78, 5) is 69.2. The van der Waals surface area contributed by atoms with Crippen molar-refractivity contribution in [2.45, 2.75) is 72.1 Å². The number of hydrogen-bond donors (Lipinski definition) is 4. The first-order chi connectivity index (χ1) is 24.0. The number of amides is 2. The third-order valence-electron chi connectivity index (χ3n) is 8.01. The second kappa shape index (κ2) is 17.4.